The Balaban J connectivity index is 1.97. The van der Waals surface area contributed by atoms with Crippen molar-refractivity contribution in [2.24, 2.45) is 0 Å². The van der Waals surface area contributed by atoms with Gasteiger partial charge in [0.15, 0.2) is 5.65 Å². The molecule has 98 valence electrons. The monoisotopic (exact) mass is 283 g/mol. The standard InChI is InChI=1S/C13H9N5OS/c1-6-16-9-4-11(19)7(2-12(9)20-6)8-3-10-13(18-17-8)15-5-14-10/h2-5,19H,1H3,(H,14,15,18). The summed E-state index contributed by atoms with van der Waals surface area (Å²) in [7, 11) is 0. The minimum Gasteiger partial charge on any atom is -0.507 e. The minimum atomic E-state index is 0.149. The van der Waals surface area contributed by atoms with Crippen LogP contribution < -0.4 is 0 Å². The topological polar surface area (TPSA) is 87.6 Å². The van der Waals surface area contributed by atoms with E-state index in [1.807, 2.05) is 19.1 Å². The fraction of sp³-hybridized carbons (Fsp3) is 0.0769. The van der Waals surface area contributed by atoms with Crippen molar-refractivity contribution in [1.29, 1.82) is 0 Å². The third kappa shape index (κ3) is 1.64. The molecule has 0 fully saturated rings. The van der Waals surface area contributed by atoms with Crippen LogP contribution in [0.1, 0.15) is 5.01 Å². The van der Waals surface area contributed by atoms with Crippen LogP contribution in [0.5, 0.6) is 5.75 Å². The van der Waals surface area contributed by atoms with Gasteiger partial charge in [-0.05, 0) is 19.1 Å². The molecule has 0 aliphatic rings. The number of aromatic amines is 1. The first-order valence-electron chi connectivity index (χ1n) is 5.98. The van der Waals surface area contributed by atoms with E-state index < -0.39 is 0 Å². The molecule has 0 amide bonds. The highest BCUT2D eigenvalue weighted by atomic mass is 32.1. The fourth-order valence-electron chi connectivity index (χ4n) is 2.16. The van der Waals surface area contributed by atoms with E-state index in [2.05, 4.69) is 25.1 Å². The average molecular weight is 283 g/mol. The quantitative estimate of drug-likeness (QED) is 0.560. The van der Waals surface area contributed by atoms with Gasteiger partial charge in [-0.2, -0.15) is 0 Å². The molecule has 0 bridgehead atoms. The molecule has 1 aromatic carbocycles. The van der Waals surface area contributed by atoms with Crippen LogP contribution in [0.15, 0.2) is 24.5 Å². The van der Waals surface area contributed by atoms with Crippen LogP contribution >= 0.6 is 11.3 Å². The van der Waals surface area contributed by atoms with Crippen LogP contribution in [0.2, 0.25) is 0 Å². The molecule has 3 heterocycles. The number of rotatable bonds is 1. The zero-order valence-corrected chi connectivity index (χ0v) is 11.3. The molecule has 2 N–H and O–H groups in total. The van der Waals surface area contributed by atoms with Gasteiger partial charge < -0.3 is 10.1 Å². The van der Waals surface area contributed by atoms with Crippen molar-refractivity contribution in [2.45, 2.75) is 6.92 Å². The summed E-state index contributed by atoms with van der Waals surface area (Å²) in [6, 6.07) is 5.37. The zero-order valence-electron chi connectivity index (χ0n) is 10.5. The molecule has 3 aromatic heterocycles. The first-order chi connectivity index (χ1) is 9.70. The Morgan fingerprint density at radius 3 is 3.00 bits per heavy atom. The maximum Gasteiger partial charge on any atom is 0.199 e. The molecule has 0 saturated carbocycles. The van der Waals surface area contributed by atoms with Crippen LogP contribution in [0.25, 0.3) is 32.6 Å². The fourth-order valence-corrected chi connectivity index (χ4v) is 3.01. The number of fused-ring (bicyclic) bond motifs is 2. The van der Waals surface area contributed by atoms with Gasteiger partial charge in [-0.25, -0.2) is 9.97 Å². The number of H-pyrrole nitrogens is 1. The highest BCUT2D eigenvalue weighted by Crippen LogP contribution is 2.34. The van der Waals surface area contributed by atoms with Crippen LogP contribution in [-0.4, -0.2) is 30.3 Å². The number of aromatic nitrogens is 5. The van der Waals surface area contributed by atoms with E-state index in [4.69, 9.17) is 0 Å². The number of aryl methyl sites for hydroxylation is 1. The summed E-state index contributed by atoms with van der Waals surface area (Å²) in [6.45, 7) is 1.94. The molecule has 7 heteroatoms. The van der Waals surface area contributed by atoms with E-state index in [-0.39, 0.29) is 5.75 Å². The molecule has 4 rings (SSSR count). The van der Waals surface area contributed by atoms with Crippen LogP contribution in [-0.2, 0) is 0 Å². The smallest absolute Gasteiger partial charge is 0.199 e. The Kier molecular flexibility index (Phi) is 2.25. The van der Waals surface area contributed by atoms with Gasteiger partial charge in [0.05, 0.1) is 32.8 Å². The second kappa shape index (κ2) is 3.97. The highest BCUT2D eigenvalue weighted by molar-refractivity contribution is 7.18. The molecular formula is C13H9N5OS. The minimum absolute atomic E-state index is 0.149. The van der Waals surface area contributed by atoms with E-state index in [1.165, 1.54) is 0 Å². The summed E-state index contributed by atoms with van der Waals surface area (Å²) in [4.78, 5) is 11.4. The molecule has 0 atom stereocenters. The van der Waals surface area contributed by atoms with Gasteiger partial charge in [0.25, 0.3) is 0 Å². The van der Waals surface area contributed by atoms with E-state index >= 15 is 0 Å². The maximum absolute atomic E-state index is 10.2. The third-order valence-electron chi connectivity index (χ3n) is 3.07. The molecule has 0 radical (unpaired) electrons. The highest BCUT2D eigenvalue weighted by Gasteiger charge is 2.12. The SMILES string of the molecule is Cc1nc2cc(O)c(-c3cc4[nH]cnc4nn3)cc2s1. The number of benzene rings is 1. The number of nitrogens with zero attached hydrogens (tertiary/aromatic N) is 4. The van der Waals surface area contributed by atoms with Gasteiger partial charge in [0, 0.05) is 11.6 Å². The Hall–Kier alpha value is -2.54. The van der Waals surface area contributed by atoms with Crippen molar-refractivity contribution in [1.82, 2.24) is 25.1 Å². The Morgan fingerprint density at radius 1 is 1.20 bits per heavy atom. The number of aromatic hydroxyl groups is 1. The van der Waals surface area contributed by atoms with Crippen molar-refractivity contribution in [3.63, 3.8) is 0 Å². The summed E-state index contributed by atoms with van der Waals surface area (Å²) in [5.74, 6) is 0.149. The first kappa shape index (κ1) is 11.3. The summed E-state index contributed by atoms with van der Waals surface area (Å²) in [5, 5.41) is 19.3. The molecule has 0 aliphatic heterocycles. The van der Waals surface area contributed by atoms with Crippen molar-refractivity contribution in [3.8, 4) is 17.0 Å². The van der Waals surface area contributed by atoms with E-state index in [9.17, 15) is 5.11 Å². The molecule has 6 nitrogen and oxygen atoms in total. The number of thiazole rings is 1. The van der Waals surface area contributed by atoms with Gasteiger partial charge in [-0.1, -0.05) is 0 Å². The Morgan fingerprint density at radius 2 is 2.10 bits per heavy atom. The van der Waals surface area contributed by atoms with E-state index in [1.54, 1.807) is 23.7 Å². The van der Waals surface area contributed by atoms with Crippen LogP contribution in [0, 0.1) is 6.92 Å². The number of phenolic OH excluding ortho intramolecular Hbond substituents is 1. The molecule has 20 heavy (non-hydrogen) atoms. The van der Waals surface area contributed by atoms with Gasteiger partial charge in [-0.3, -0.25) is 0 Å². The van der Waals surface area contributed by atoms with Crippen LogP contribution in [0.3, 0.4) is 0 Å². The second-order valence-electron chi connectivity index (χ2n) is 4.44. The van der Waals surface area contributed by atoms with Crippen molar-refractivity contribution >= 4 is 32.7 Å². The lowest BCUT2D eigenvalue weighted by Gasteiger charge is -2.03. The molecule has 0 aliphatic carbocycles. The summed E-state index contributed by atoms with van der Waals surface area (Å²) in [6.07, 6.45) is 1.57. The maximum atomic E-state index is 10.2. The first-order valence-corrected chi connectivity index (χ1v) is 6.80. The van der Waals surface area contributed by atoms with Crippen LogP contribution in [0.4, 0.5) is 0 Å². The molecular weight excluding hydrogens is 274 g/mol. The van der Waals surface area contributed by atoms with Gasteiger partial charge in [0.2, 0.25) is 0 Å². The number of nitrogens with one attached hydrogen (secondary N) is 1. The Labute approximate surface area is 117 Å². The van der Waals surface area contributed by atoms with Gasteiger partial charge in [0.1, 0.15) is 5.75 Å². The molecule has 0 unspecified atom stereocenters. The predicted molar refractivity (Wildman–Crippen MR) is 76.7 cm³/mol. The zero-order chi connectivity index (χ0) is 13.7. The lowest BCUT2D eigenvalue weighted by Crippen LogP contribution is -1.89. The van der Waals surface area contributed by atoms with Gasteiger partial charge in [-0.15, -0.1) is 21.5 Å². The number of hydrogen-bond donors (Lipinski definition) is 2. The lowest BCUT2D eigenvalue weighted by atomic mass is 10.1. The third-order valence-corrected chi connectivity index (χ3v) is 4.00. The largest absolute Gasteiger partial charge is 0.507 e. The Bertz CT molecular complexity index is 942. The number of imidazole rings is 1. The normalized spacial score (nSPS) is 11.4. The van der Waals surface area contributed by atoms with E-state index in [0.717, 1.165) is 20.7 Å². The van der Waals surface area contributed by atoms with Crippen molar-refractivity contribution in [2.75, 3.05) is 0 Å². The molecule has 4 aromatic rings. The summed E-state index contributed by atoms with van der Waals surface area (Å²) < 4.78 is 1.02. The molecule has 0 spiro atoms. The lowest BCUT2D eigenvalue weighted by molar-refractivity contribution is 0.478. The van der Waals surface area contributed by atoms with Crippen molar-refractivity contribution in [3.05, 3.63) is 29.5 Å². The predicted octanol–water partition coefficient (Wildman–Crippen LogP) is 2.64. The number of hydrogen-bond acceptors (Lipinski definition) is 6. The second-order valence-corrected chi connectivity index (χ2v) is 5.67. The van der Waals surface area contributed by atoms with Gasteiger partial charge >= 0.3 is 0 Å². The average Bonchev–Trinajstić information content (AvgIpc) is 3.01. The summed E-state index contributed by atoms with van der Waals surface area (Å²) >= 11 is 1.58. The molecule has 0 saturated heterocycles. The summed E-state index contributed by atoms with van der Waals surface area (Å²) in [5.41, 5.74) is 3.39. The van der Waals surface area contributed by atoms with E-state index in [0.29, 0.717) is 16.9 Å². The number of phenols is 1. The van der Waals surface area contributed by atoms with Crippen molar-refractivity contribution < 1.29 is 5.11 Å².